The number of ether oxygens (including phenoxy) is 1. The lowest BCUT2D eigenvalue weighted by Crippen LogP contribution is -2.54. The zero-order valence-electron chi connectivity index (χ0n) is 20.2. The SMILES string of the molecule is CCOC(=O)CCC(=O)N(NC(=O)C(O)(c1cccc(C)c1)c1cccc(C)c1)c1ccccc1. The van der Waals surface area contributed by atoms with Crippen LogP contribution in [0.15, 0.2) is 78.9 Å². The van der Waals surface area contributed by atoms with Crippen LogP contribution in [0.1, 0.15) is 42.0 Å². The number of nitrogens with zero attached hydrogens (tertiary/aromatic N) is 1. The quantitative estimate of drug-likeness (QED) is 0.381. The van der Waals surface area contributed by atoms with Gasteiger partial charge in [-0.2, -0.15) is 0 Å². The van der Waals surface area contributed by atoms with Crippen LogP contribution in [0, 0.1) is 13.8 Å². The van der Waals surface area contributed by atoms with Gasteiger partial charge in [-0.05, 0) is 44.0 Å². The van der Waals surface area contributed by atoms with Crippen LogP contribution in [0.25, 0.3) is 0 Å². The van der Waals surface area contributed by atoms with E-state index in [-0.39, 0.29) is 19.4 Å². The van der Waals surface area contributed by atoms with E-state index in [0.717, 1.165) is 16.1 Å². The molecule has 0 atom stereocenters. The lowest BCUT2D eigenvalue weighted by atomic mass is 9.84. The van der Waals surface area contributed by atoms with Crippen LogP contribution in [0.4, 0.5) is 5.69 Å². The van der Waals surface area contributed by atoms with Crippen molar-refractivity contribution < 1.29 is 24.2 Å². The zero-order chi connectivity index (χ0) is 25.4. The van der Waals surface area contributed by atoms with Gasteiger partial charge in [0.2, 0.25) is 5.91 Å². The molecule has 0 radical (unpaired) electrons. The summed E-state index contributed by atoms with van der Waals surface area (Å²) in [5.74, 6) is -1.83. The highest BCUT2D eigenvalue weighted by Crippen LogP contribution is 2.32. The minimum atomic E-state index is -2.08. The lowest BCUT2D eigenvalue weighted by Gasteiger charge is -2.32. The molecule has 35 heavy (non-hydrogen) atoms. The van der Waals surface area contributed by atoms with Crippen LogP contribution in [0.2, 0.25) is 0 Å². The normalized spacial score (nSPS) is 11.0. The van der Waals surface area contributed by atoms with Crippen molar-refractivity contribution in [3.63, 3.8) is 0 Å². The van der Waals surface area contributed by atoms with Crippen molar-refractivity contribution in [3.05, 3.63) is 101 Å². The van der Waals surface area contributed by atoms with Crippen LogP contribution >= 0.6 is 0 Å². The fourth-order valence-corrected chi connectivity index (χ4v) is 3.75. The molecule has 0 aliphatic heterocycles. The summed E-state index contributed by atoms with van der Waals surface area (Å²) < 4.78 is 4.91. The summed E-state index contributed by atoms with van der Waals surface area (Å²) in [7, 11) is 0. The number of rotatable bonds is 8. The summed E-state index contributed by atoms with van der Waals surface area (Å²) in [4.78, 5) is 38.7. The van der Waals surface area contributed by atoms with E-state index in [0.29, 0.717) is 16.8 Å². The highest BCUT2D eigenvalue weighted by Gasteiger charge is 2.41. The van der Waals surface area contributed by atoms with Gasteiger partial charge in [-0.15, -0.1) is 0 Å². The largest absolute Gasteiger partial charge is 0.466 e. The second-order valence-corrected chi connectivity index (χ2v) is 8.26. The average molecular weight is 475 g/mol. The molecule has 0 aromatic heterocycles. The molecule has 3 aromatic rings. The van der Waals surface area contributed by atoms with Crippen LogP contribution < -0.4 is 10.4 Å². The van der Waals surface area contributed by atoms with Crippen molar-refractivity contribution in [2.24, 2.45) is 0 Å². The third-order valence-electron chi connectivity index (χ3n) is 5.53. The summed E-state index contributed by atoms with van der Waals surface area (Å²) in [6, 6.07) is 22.6. The Labute approximate surface area is 205 Å². The van der Waals surface area contributed by atoms with Crippen molar-refractivity contribution in [1.82, 2.24) is 5.43 Å². The van der Waals surface area contributed by atoms with Crippen molar-refractivity contribution in [3.8, 4) is 0 Å². The molecule has 0 fully saturated rings. The van der Waals surface area contributed by atoms with E-state index in [1.165, 1.54) is 0 Å². The van der Waals surface area contributed by atoms with Gasteiger partial charge in [0.1, 0.15) is 0 Å². The van der Waals surface area contributed by atoms with Gasteiger partial charge in [-0.25, -0.2) is 5.01 Å². The zero-order valence-corrected chi connectivity index (χ0v) is 20.2. The van der Waals surface area contributed by atoms with Crippen LogP contribution in [-0.2, 0) is 24.7 Å². The van der Waals surface area contributed by atoms with Crippen molar-refractivity contribution in [2.45, 2.75) is 39.2 Å². The molecule has 3 aromatic carbocycles. The molecule has 2 N–H and O–H groups in total. The summed E-state index contributed by atoms with van der Waals surface area (Å²) in [5.41, 5.74) is 3.40. The number of hydrogen-bond donors (Lipinski definition) is 2. The number of aryl methyl sites for hydroxylation is 2. The standard InChI is InChI=1S/C28H30N2O5/c1-4-35-26(32)17-16-25(31)30(24-14-6-5-7-15-24)29-27(33)28(34,22-12-8-10-20(2)18-22)23-13-9-11-21(3)19-23/h5-15,18-19,34H,4,16-17H2,1-3H3,(H,29,33). The minimum Gasteiger partial charge on any atom is -0.466 e. The number of aliphatic hydroxyl groups is 1. The third kappa shape index (κ3) is 6.13. The van der Waals surface area contributed by atoms with Gasteiger partial charge >= 0.3 is 5.97 Å². The molecule has 0 saturated carbocycles. The first-order chi connectivity index (χ1) is 16.8. The molecule has 0 saturated heterocycles. The fourth-order valence-electron chi connectivity index (χ4n) is 3.75. The molecular formula is C28H30N2O5. The molecule has 0 bridgehead atoms. The average Bonchev–Trinajstić information content (AvgIpc) is 2.86. The van der Waals surface area contributed by atoms with Crippen LogP contribution in [-0.4, -0.2) is 29.5 Å². The topological polar surface area (TPSA) is 95.9 Å². The molecule has 2 amide bonds. The number of amides is 2. The summed E-state index contributed by atoms with van der Waals surface area (Å²) in [6.07, 6.45) is -0.312. The maximum absolute atomic E-state index is 13.8. The highest BCUT2D eigenvalue weighted by atomic mass is 16.5. The third-order valence-corrected chi connectivity index (χ3v) is 5.53. The maximum Gasteiger partial charge on any atom is 0.306 e. The van der Waals surface area contributed by atoms with E-state index >= 15 is 0 Å². The Balaban J connectivity index is 2.00. The first-order valence-electron chi connectivity index (χ1n) is 11.5. The fraction of sp³-hybridized carbons (Fsp3) is 0.250. The summed E-state index contributed by atoms with van der Waals surface area (Å²) in [5, 5.41) is 13.0. The van der Waals surface area contributed by atoms with Gasteiger partial charge in [0.25, 0.3) is 5.91 Å². The summed E-state index contributed by atoms with van der Waals surface area (Å²) >= 11 is 0. The molecule has 0 unspecified atom stereocenters. The smallest absolute Gasteiger partial charge is 0.306 e. The van der Waals surface area contributed by atoms with Gasteiger partial charge in [0.05, 0.1) is 18.7 Å². The number of para-hydroxylation sites is 1. The van der Waals surface area contributed by atoms with E-state index in [9.17, 15) is 19.5 Å². The predicted molar refractivity (Wildman–Crippen MR) is 133 cm³/mol. The van der Waals surface area contributed by atoms with E-state index < -0.39 is 23.4 Å². The van der Waals surface area contributed by atoms with Gasteiger partial charge in [0, 0.05) is 6.42 Å². The van der Waals surface area contributed by atoms with E-state index in [1.54, 1.807) is 73.7 Å². The Bertz CT molecular complexity index is 1150. The molecule has 0 spiro atoms. The monoisotopic (exact) mass is 474 g/mol. The number of carbonyl (C=O) groups is 3. The minimum absolute atomic E-state index is 0.133. The number of anilines is 1. The van der Waals surface area contributed by atoms with Crippen molar-refractivity contribution in [1.29, 1.82) is 0 Å². The Hall–Kier alpha value is -3.97. The maximum atomic E-state index is 13.8. The van der Waals surface area contributed by atoms with Crippen molar-refractivity contribution >= 4 is 23.5 Å². The highest BCUT2D eigenvalue weighted by molar-refractivity contribution is 6.00. The Morgan fingerprint density at radius 2 is 1.43 bits per heavy atom. The second kappa shape index (κ2) is 11.4. The molecule has 182 valence electrons. The van der Waals surface area contributed by atoms with Crippen molar-refractivity contribution in [2.75, 3.05) is 11.6 Å². The van der Waals surface area contributed by atoms with Crippen LogP contribution in [0.5, 0.6) is 0 Å². The van der Waals surface area contributed by atoms with Gasteiger partial charge in [0.15, 0.2) is 5.60 Å². The number of benzene rings is 3. The molecular weight excluding hydrogens is 444 g/mol. The van der Waals surface area contributed by atoms with Crippen LogP contribution in [0.3, 0.4) is 0 Å². The number of hydrogen-bond acceptors (Lipinski definition) is 5. The van der Waals surface area contributed by atoms with Gasteiger partial charge in [-0.3, -0.25) is 19.8 Å². The molecule has 3 rings (SSSR count). The lowest BCUT2D eigenvalue weighted by molar-refractivity contribution is -0.144. The van der Waals surface area contributed by atoms with E-state index in [1.807, 2.05) is 26.0 Å². The molecule has 7 nitrogen and oxygen atoms in total. The Kier molecular flexibility index (Phi) is 8.39. The number of carbonyl (C=O) groups excluding carboxylic acids is 3. The van der Waals surface area contributed by atoms with E-state index in [2.05, 4.69) is 5.43 Å². The second-order valence-electron chi connectivity index (χ2n) is 8.26. The Morgan fingerprint density at radius 3 is 1.94 bits per heavy atom. The molecule has 0 aliphatic carbocycles. The molecule has 7 heteroatoms. The number of hydrazine groups is 1. The Morgan fingerprint density at radius 1 is 0.857 bits per heavy atom. The van der Waals surface area contributed by atoms with E-state index in [4.69, 9.17) is 4.74 Å². The van der Waals surface area contributed by atoms with Gasteiger partial charge < -0.3 is 9.84 Å². The molecule has 0 heterocycles. The summed E-state index contributed by atoms with van der Waals surface area (Å²) in [6.45, 7) is 5.64. The number of nitrogens with one attached hydrogen (secondary N) is 1. The first-order valence-corrected chi connectivity index (χ1v) is 11.5. The molecule has 0 aliphatic rings. The predicted octanol–water partition coefficient (Wildman–Crippen LogP) is 3.95. The number of esters is 1. The van der Waals surface area contributed by atoms with Gasteiger partial charge in [-0.1, -0.05) is 77.9 Å². The first kappa shape index (κ1) is 25.6.